The van der Waals surface area contributed by atoms with Crippen LogP contribution in [0.25, 0.3) is 17.1 Å². The van der Waals surface area contributed by atoms with E-state index in [1.165, 1.54) is 0 Å². The van der Waals surface area contributed by atoms with Crippen LogP contribution in [0.2, 0.25) is 0 Å². The number of hydrogen-bond donors (Lipinski definition) is 0. The zero-order valence-corrected chi connectivity index (χ0v) is 9.40. The van der Waals surface area contributed by atoms with Crippen LogP contribution in [0.15, 0.2) is 25.2 Å². The lowest BCUT2D eigenvalue weighted by Gasteiger charge is -2.07. The Morgan fingerprint density at radius 1 is 1.11 bits per heavy atom. The topological polar surface area (TPSA) is 82.0 Å². The number of ether oxygens (including phenoxy) is 2. The van der Waals surface area contributed by atoms with Crippen LogP contribution in [0.4, 0.5) is 0 Å². The van der Waals surface area contributed by atoms with Gasteiger partial charge in [0.15, 0.2) is 0 Å². The van der Waals surface area contributed by atoms with Crippen molar-refractivity contribution in [2.24, 2.45) is 0 Å². The highest BCUT2D eigenvalue weighted by Crippen LogP contribution is 2.37. The van der Waals surface area contributed by atoms with Crippen molar-refractivity contribution in [1.29, 1.82) is 0 Å². The highest BCUT2D eigenvalue weighted by molar-refractivity contribution is 5.85. The molecule has 5 heterocycles. The summed E-state index contributed by atoms with van der Waals surface area (Å²) in [7, 11) is 0. The summed E-state index contributed by atoms with van der Waals surface area (Å²) in [5.74, 6) is -0.0863. The summed E-state index contributed by atoms with van der Waals surface area (Å²) < 4.78 is 14.4. The molecule has 0 aliphatic carbocycles. The van der Waals surface area contributed by atoms with Gasteiger partial charge in [0, 0.05) is 0 Å². The molecule has 8 heteroatoms. The minimum Gasteiger partial charge on any atom is -0.354 e. The highest BCUT2D eigenvalue weighted by Gasteiger charge is 2.76. The average Bonchev–Trinajstić information content (AvgIpc) is 2.97. The van der Waals surface area contributed by atoms with Crippen molar-refractivity contribution >= 4 is 11.7 Å². The maximum atomic E-state index is 11.9. The van der Waals surface area contributed by atoms with Gasteiger partial charge in [-0.3, -0.25) is 4.98 Å². The van der Waals surface area contributed by atoms with E-state index in [2.05, 4.69) is 21.8 Å². The second-order valence-corrected chi connectivity index (χ2v) is 4.37. The van der Waals surface area contributed by atoms with Crippen LogP contribution in [0.5, 0.6) is 0 Å². The Morgan fingerprint density at radius 3 is 2.79 bits per heavy atom. The molecule has 2 aromatic heterocycles. The molecule has 0 saturated carbocycles. The van der Waals surface area contributed by atoms with E-state index in [1.807, 2.05) is 0 Å². The number of nitrogens with zero attached hydrogens (tertiary/aromatic N) is 5. The molecule has 0 fully saturated rings. The van der Waals surface area contributed by atoms with Crippen molar-refractivity contribution in [2.45, 2.75) is 6.03 Å². The van der Waals surface area contributed by atoms with Crippen molar-refractivity contribution in [2.75, 3.05) is 0 Å². The van der Waals surface area contributed by atoms with Gasteiger partial charge in [-0.15, -0.1) is 0 Å². The molecule has 1 atom stereocenters. The average molecular weight is 255 g/mol. The van der Waals surface area contributed by atoms with Gasteiger partial charge in [0.25, 0.3) is 11.4 Å². The summed E-state index contributed by atoms with van der Waals surface area (Å²) in [6, 6.07) is -1.39. The van der Waals surface area contributed by atoms with Gasteiger partial charge in [0.2, 0.25) is 11.5 Å². The standard InChI is InChI=1S/C11H5N5O3/c1-5-6-2-12-3-7-8-4-13-14-9-10(17)19-11(18-5,15(6)7)16(8)9/h2-4H,1H2/q+2. The monoisotopic (exact) mass is 255 g/mol. The summed E-state index contributed by atoms with van der Waals surface area (Å²) in [5.41, 5.74) is 2.05. The molecular weight excluding hydrogens is 250 g/mol. The molecule has 5 rings (SSSR count). The first-order valence-electron chi connectivity index (χ1n) is 5.53. The Morgan fingerprint density at radius 2 is 1.89 bits per heavy atom. The van der Waals surface area contributed by atoms with Crippen LogP contribution in [0.3, 0.4) is 0 Å². The fourth-order valence-electron chi connectivity index (χ4n) is 2.74. The van der Waals surface area contributed by atoms with Crippen LogP contribution in [0.1, 0.15) is 16.3 Å². The molecule has 0 radical (unpaired) electrons. The van der Waals surface area contributed by atoms with Crippen LogP contribution in [-0.4, -0.2) is 21.2 Å². The molecular formula is C11H5N5O3+2. The van der Waals surface area contributed by atoms with E-state index in [4.69, 9.17) is 9.47 Å². The number of carbonyl (C=O) groups is 1. The van der Waals surface area contributed by atoms with Crippen molar-refractivity contribution in [3.05, 3.63) is 36.7 Å². The van der Waals surface area contributed by atoms with E-state index in [0.717, 1.165) is 5.69 Å². The lowest BCUT2D eigenvalue weighted by atomic mass is 10.3. The Kier molecular flexibility index (Phi) is 1.17. The summed E-state index contributed by atoms with van der Waals surface area (Å²) in [5, 5.41) is 7.63. The van der Waals surface area contributed by atoms with Gasteiger partial charge in [0.05, 0.1) is 5.10 Å². The van der Waals surface area contributed by atoms with E-state index < -0.39 is 12.0 Å². The molecule has 0 aromatic carbocycles. The molecule has 0 saturated heterocycles. The van der Waals surface area contributed by atoms with Crippen LogP contribution >= 0.6 is 0 Å². The highest BCUT2D eigenvalue weighted by atomic mass is 16.8. The lowest BCUT2D eigenvalue weighted by molar-refractivity contribution is -1.03. The summed E-state index contributed by atoms with van der Waals surface area (Å²) >= 11 is 0. The maximum absolute atomic E-state index is 11.9. The molecule has 0 bridgehead atoms. The molecule has 1 unspecified atom stereocenters. The van der Waals surface area contributed by atoms with Crippen molar-refractivity contribution in [3.63, 3.8) is 0 Å². The van der Waals surface area contributed by atoms with Gasteiger partial charge in [-0.2, -0.15) is 0 Å². The second kappa shape index (κ2) is 2.44. The summed E-state index contributed by atoms with van der Waals surface area (Å²) in [6.07, 6.45) is 4.81. The van der Waals surface area contributed by atoms with Gasteiger partial charge in [-0.05, 0) is 11.7 Å². The maximum Gasteiger partial charge on any atom is 0.658 e. The van der Waals surface area contributed by atoms with Crippen LogP contribution in [0, 0.1) is 0 Å². The van der Waals surface area contributed by atoms with Crippen molar-refractivity contribution in [1.82, 2.24) is 15.2 Å². The molecule has 2 aromatic rings. The number of fused-ring (bicyclic) bond motifs is 1. The first kappa shape index (κ1) is 9.09. The van der Waals surface area contributed by atoms with E-state index in [-0.39, 0.29) is 5.82 Å². The van der Waals surface area contributed by atoms with Gasteiger partial charge in [-0.1, -0.05) is 9.13 Å². The number of aromatic nitrogens is 5. The van der Waals surface area contributed by atoms with E-state index in [0.29, 0.717) is 17.1 Å². The predicted octanol–water partition coefficient (Wildman–Crippen LogP) is -1.29. The number of carbonyl (C=O) groups excluding carboxylic acids is 1. The zero-order valence-electron chi connectivity index (χ0n) is 9.40. The Balaban J connectivity index is 2.04. The van der Waals surface area contributed by atoms with E-state index in [1.54, 1.807) is 27.7 Å². The first-order valence-corrected chi connectivity index (χ1v) is 5.53. The fraction of sp³-hybridized carbons (Fsp3) is 0.0909. The largest absolute Gasteiger partial charge is 0.658 e. The minimum absolute atomic E-state index is 0.0989. The summed E-state index contributed by atoms with van der Waals surface area (Å²) in [4.78, 5) is 16.0. The molecule has 8 nitrogen and oxygen atoms in total. The Hall–Kier alpha value is -2.90. The fourth-order valence-corrected chi connectivity index (χ4v) is 2.74. The van der Waals surface area contributed by atoms with Crippen LogP contribution < -0.4 is 9.13 Å². The van der Waals surface area contributed by atoms with Crippen LogP contribution in [-0.2, 0) is 15.5 Å². The van der Waals surface area contributed by atoms with Gasteiger partial charge in [-0.25, -0.2) is 4.79 Å². The Labute approximate surface area is 105 Å². The third-order valence-electron chi connectivity index (χ3n) is 3.44. The predicted molar refractivity (Wildman–Crippen MR) is 54.6 cm³/mol. The smallest absolute Gasteiger partial charge is 0.354 e. The second-order valence-electron chi connectivity index (χ2n) is 4.37. The molecule has 0 N–H and O–H groups in total. The molecule has 3 aliphatic heterocycles. The quantitative estimate of drug-likeness (QED) is 0.430. The number of esters is 1. The van der Waals surface area contributed by atoms with E-state index >= 15 is 0 Å². The molecule has 0 amide bonds. The third-order valence-corrected chi connectivity index (χ3v) is 3.44. The number of rotatable bonds is 0. The van der Waals surface area contributed by atoms with Gasteiger partial charge >= 0.3 is 17.8 Å². The SMILES string of the molecule is C=C1OC23OC(=O)c4nncc([n+]42)-c2cncc1[n+]23. The van der Waals surface area contributed by atoms with Gasteiger partial charge < -0.3 is 9.47 Å². The zero-order chi connectivity index (χ0) is 12.8. The third kappa shape index (κ3) is 0.742. The Bertz CT molecular complexity index is 762. The van der Waals surface area contributed by atoms with Crippen molar-refractivity contribution < 1.29 is 23.4 Å². The number of hydrogen-bond acceptors (Lipinski definition) is 6. The normalized spacial score (nSPS) is 24.0. The minimum atomic E-state index is -1.39. The first-order chi connectivity index (χ1) is 9.22. The molecule has 1 spiro atoms. The lowest BCUT2D eigenvalue weighted by Crippen LogP contribution is -2.68. The van der Waals surface area contributed by atoms with Crippen molar-refractivity contribution in [3.8, 4) is 11.4 Å². The molecule has 19 heavy (non-hydrogen) atoms. The molecule has 90 valence electrons. The summed E-state index contributed by atoms with van der Waals surface area (Å²) in [6.45, 7) is 3.81. The van der Waals surface area contributed by atoms with E-state index in [9.17, 15) is 4.79 Å². The molecule has 3 aliphatic rings. The van der Waals surface area contributed by atoms with Gasteiger partial charge in [0.1, 0.15) is 18.6 Å².